The van der Waals surface area contributed by atoms with Crippen molar-refractivity contribution in [3.8, 4) is 0 Å². The number of benzene rings is 1. The van der Waals surface area contributed by atoms with Crippen LogP contribution in [0.2, 0.25) is 0 Å². The van der Waals surface area contributed by atoms with Crippen molar-refractivity contribution < 1.29 is 19.4 Å². The zero-order chi connectivity index (χ0) is 14.7. The molecule has 20 heavy (non-hydrogen) atoms. The minimum atomic E-state index is -0.410. The van der Waals surface area contributed by atoms with E-state index >= 15 is 0 Å². The van der Waals surface area contributed by atoms with Gasteiger partial charge in [-0.2, -0.15) is 0 Å². The lowest BCUT2D eigenvalue weighted by atomic mass is 10.1. The number of hydrogen-bond donors (Lipinski definition) is 2. The van der Waals surface area contributed by atoms with E-state index < -0.39 is 5.97 Å². The minimum Gasteiger partial charge on any atom is -0.465 e. The second-order valence-electron chi connectivity index (χ2n) is 4.92. The van der Waals surface area contributed by atoms with Gasteiger partial charge >= 0.3 is 5.97 Å². The quantitative estimate of drug-likeness (QED) is 0.624. The average Bonchev–Trinajstić information content (AvgIpc) is 2.45. The Bertz CT molecular complexity index is 492. The summed E-state index contributed by atoms with van der Waals surface area (Å²) >= 11 is 0. The van der Waals surface area contributed by atoms with Crippen LogP contribution >= 0.6 is 0 Å². The molecule has 3 N–H and O–H groups in total. The number of nitrogens with two attached hydrogens (primary N) is 1. The highest BCUT2D eigenvalue weighted by atomic mass is 16.5. The third-order valence-electron chi connectivity index (χ3n) is 3.32. The average molecular weight is 280 g/mol. The molecule has 0 spiro atoms. The minimum absolute atomic E-state index is 0.0144. The third-order valence-corrected chi connectivity index (χ3v) is 3.32. The molecule has 2 atom stereocenters. The Morgan fingerprint density at radius 2 is 2.30 bits per heavy atom. The van der Waals surface area contributed by atoms with Gasteiger partial charge in [0.1, 0.15) is 0 Å². The molecule has 2 rings (SSSR count). The van der Waals surface area contributed by atoms with Crippen LogP contribution in [0.5, 0.6) is 0 Å². The lowest BCUT2D eigenvalue weighted by Crippen LogP contribution is -2.48. The number of methoxy groups -OCH3 is 1. The molecule has 0 saturated carbocycles. The number of aliphatic hydroxyl groups is 1. The number of anilines is 2. The lowest BCUT2D eigenvalue weighted by molar-refractivity contribution is -0.0420. The summed E-state index contributed by atoms with van der Waals surface area (Å²) in [7, 11) is 1.34. The first-order valence-corrected chi connectivity index (χ1v) is 6.54. The molecule has 0 radical (unpaired) electrons. The zero-order valence-electron chi connectivity index (χ0n) is 11.7. The molecule has 0 amide bonds. The van der Waals surface area contributed by atoms with Gasteiger partial charge in [0, 0.05) is 13.1 Å². The Morgan fingerprint density at radius 1 is 1.55 bits per heavy atom. The fourth-order valence-electron chi connectivity index (χ4n) is 2.43. The molecule has 110 valence electrons. The van der Waals surface area contributed by atoms with E-state index in [1.165, 1.54) is 7.11 Å². The molecule has 6 nitrogen and oxygen atoms in total. The third kappa shape index (κ3) is 3.02. The molecule has 1 fully saturated rings. The molecule has 0 bridgehead atoms. The summed E-state index contributed by atoms with van der Waals surface area (Å²) in [5, 5.41) is 9.25. The molecule has 1 saturated heterocycles. The van der Waals surface area contributed by atoms with E-state index in [0.717, 1.165) is 5.69 Å². The van der Waals surface area contributed by atoms with Gasteiger partial charge in [0.05, 0.1) is 42.9 Å². The molecule has 1 aliphatic rings. The van der Waals surface area contributed by atoms with Gasteiger partial charge in [-0.05, 0) is 25.1 Å². The Labute approximate surface area is 118 Å². The van der Waals surface area contributed by atoms with Crippen molar-refractivity contribution in [2.24, 2.45) is 0 Å². The van der Waals surface area contributed by atoms with Crippen LogP contribution in [-0.2, 0) is 9.47 Å². The van der Waals surface area contributed by atoms with Gasteiger partial charge < -0.3 is 25.2 Å². The highest BCUT2D eigenvalue weighted by molar-refractivity contribution is 5.92. The van der Waals surface area contributed by atoms with Crippen LogP contribution in [0.1, 0.15) is 17.3 Å². The molecule has 2 unspecified atom stereocenters. The monoisotopic (exact) mass is 280 g/mol. The number of nitrogens with zero attached hydrogens (tertiary/aromatic N) is 1. The van der Waals surface area contributed by atoms with Crippen LogP contribution < -0.4 is 10.6 Å². The second kappa shape index (κ2) is 6.11. The van der Waals surface area contributed by atoms with E-state index in [1.54, 1.807) is 18.2 Å². The highest BCUT2D eigenvalue weighted by Gasteiger charge is 2.26. The van der Waals surface area contributed by atoms with Gasteiger partial charge in [-0.3, -0.25) is 0 Å². The maximum atomic E-state index is 11.5. The number of ether oxygens (including phenoxy) is 2. The van der Waals surface area contributed by atoms with Crippen molar-refractivity contribution in [2.45, 2.75) is 19.1 Å². The van der Waals surface area contributed by atoms with Crippen LogP contribution in [0.25, 0.3) is 0 Å². The van der Waals surface area contributed by atoms with Gasteiger partial charge in [0.2, 0.25) is 0 Å². The number of nitrogen functional groups attached to an aromatic ring is 1. The molecule has 1 heterocycles. The maximum absolute atomic E-state index is 11.5. The predicted molar refractivity (Wildman–Crippen MR) is 75.8 cm³/mol. The van der Waals surface area contributed by atoms with E-state index in [4.69, 9.17) is 10.5 Å². The number of morpholine rings is 1. The van der Waals surface area contributed by atoms with E-state index in [9.17, 15) is 9.90 Å². The molecular weight excluding hydrogens is 260 g/mol. The van der Waals surface area contributed by atoms with Crippen LogP contribution in [0, 0.1) is 0 Å². The van der Waals surface area contributed by atoms with Crippen molar-refractivity contribution >= 4 is 17.3 Å². The number of rotatable bonds is 3. The van der Waals surface area contributed by atoms with Gasteiger partial charge in [-0.15, -0.1) is 0 Å². The van der Waals surface area contributed by atoms with E-state index in [0.29, 0.717) is 24.3 Å². The Kier molecular flexibility index (Phi) is 4.46. The van der Waals surface area contributed by atoms with Gasteiger partial charge in [0.25, 0.3) is 0 Å². The number of carbonyl (C=O) groups is 1. The molecule has 0 aromatic heterocycles. The van der Waals surface area contributed by atoms with Crippen molar-refractivity contribution in [3.05, 3.63) is 23.8 Å². The van der Waals surface area contributed by atoms with Crippen LogP contribution in [0.3, 0.4) is 0 Å². The zero-order valence-corrected chi connectivity index (χ0v) is 11.7. The summed E-state index contributed by atoms with van der Waals surface area (Å²) in [5.41, 5.74) is 7.80. The molecule has 6 heteroatoms. The Balaban J connectivity index is 2.22. The maximum Gasteiger partial charge on any atom is 0.337 e. The standard InChI is InChI=1S/C14H20N2O4/c1-9-6-16(7-11(8-17)20-9)13-4-3-10(5-12(13)15)14(18)19-2/h3-5,9,11,17H,6-8,15H2,1-2H3. The Morgan fingerprint density at radius 3 is 2.90 bits per heavy atom. The van der Waals surface area contributed by atoms with Crippen molar-refractivity contribution in [1.29, 1.82) is 0 Å². The summed E-state index contributed by atoms with van der Waals surface area (Å²) in [6.07, 6.45) is -0.209. The highest BCUT2D eigenvalue weighted by Crippen LogP contribution is 2.27. The van der Waals surface area contributed by atoms with Crippen LogP contribution in [-0.4, -0.2) is 50.1 Å². The first kappa shape index (κ1) is 14.6. The summed E-state index contributed by atoms with van der Waals surface area (Å²) in [6.45, 7) is 3.19. The molecular formula is C14H20N2O4. The fraction of sp³-hybridized carbons (Fsp3) is 0.500. The molecule has 1 aliphatic heterocycles. The van der Waals surface area contributed by atoms with Crippen molar-refractivity contribution in [2.75, 3.05) is 37.4 Å². The Hall–Kier alpha value is -1.79. The number of aliphatic hydroxyl groups excluding tert-OH is 1. The molecule has 1 aromatic rings. The summed E-state index contributed by atoms with van der Waals surface area (Å²) < 4.78 is 10.3. The lowest BCUT2D eigenvalue weighted by Gasteiger charge is -2.38. The topological polar surface area (TPSA) is 85.0 Å². The summed E-state index contributed by atoms with van der Waals surface area (Å²) in [6, 6.07) is 5.09. The first-order valence-electron chi connectivity index (χ1n) is 6.54. The SMILES string of the molecule is COC(=O)c1ccc(N2CC(C)OC(CO)C2)c(N)c1. The van der Waals surface area contributed by atoms with E-state index in [2.05, 4.69) is 9.64 Å². The van der Waals surface area contributed by atoms with Crippen LogP contribution in [0.15, 0.2) is 18.2 Å². The van der Waals surface area contributed by atoms with E-state index in [-0.39, 0.29) is 18.8 Å². The van der Waals surface area contributed by atoms with Gasteiger partial charge in [-0.25, -0.2) is 4.79 Å². The summed E-state index contributed by atoms with van der Waals surface area (Å²) in [5.74, 6) is -0.410. The second-order valence-corrected chi connectivity index (χ2v) is 4.92. The molecule has 0 aliphatic carbocycles. The number of carbonyl (C=O) groups excluding carboxylic acids is 1. The van der Waals surface area contributed by atoms with E-state index in [1.807, 2.05) is 6.92 Å². The summed E-state index contributed by atoms with van der Waals surface area (Å²) in [4.78, 5) is 13.5. The van der Waals surface area contributed by atoms with Crippen molar-refractivity contribution in [1.82, 2.24) is 0 Å². The number of hydrogen-bond acceptors (Lipinski definition) is 6. The van der Waals surface area contributed by atoms with Crippen LogP contribution in [0.4, 0.5) is 11.4 Å². The smallest absolute Gasteiger partial charge is 0.337 e. The predicted octanol–water partition coefficient (Wildman–Crippen LogP) is 0.641. The van der Waals surface area contributed by atoms with Gasteiger partial charge in [-0.1, -0.05) is 0 Å². The largest absolute Gasteiger partial charge is 0.465 e. The normalized spacial score (nSPS) is 22.6. The van der Waals surface area contributed by atoms with Gasteiger partial charge in [0.15, 0.2) is 0 Å². The van der Waals surface area contributed by atoms with Crippen molar-refractivity contribution in [3.63, 3.8) is 0 Å². The number of esters is 1. The first-order chi connectivity index (χ1) is 9.55. The molecule has 1 aromatic carbocycles. The fourth-order valence-corrected chi connectivity index (χ4v) is 2.43.